The lowest BCUT2D eigenvalue weighted by Crippen LogP contribution is -2.23. The fraction of sp³-hybridized carbons (Fsp3) is 0.167. The van der Waals surface area contributed by atoms with Crippen molar-refractivity contribution in [1.82, 2.24) is 19.2 Å². The van der Waals surface area contributed by atoms with E-state index in [4.69, 9.17) is 4.98 Å². The largest absolute Gasteiger partial charge is 0.319 e. The molecule has 2 aromatic carbocycles. The molecule has 0 fully saturated rings. The van der Waals surface area contributed by atoms with E-state index in [1.165, 1.54) is 9.28 Å². The second-order valence-corrected chi connectivity index (χ2v) is 8.92. The van der Waals surface area contributed by atoms with Gasteiger partial charge in [-0.05, 0) is 55.5 Å². The van der Waals surface area contributed by atoms with E-state index in [9.17, 15) is 9.59 Å². The molecule has 1 aliphatic rings. The number of hydrogen-bond acceptors (Lipinski definition) is 5. The van der Waals surface area contributed by atoms with Crippen molar-refractivity contribution in [2.45, 2.75) is 25.7 Å². The molecule has 158 valence electrons. The third-order valence-electron chi connectivity index (χ3n) is 5.80. The minimum atomic E-state index is -0.455. The summed E-state index contributed by atoms with van der Waals surface area (Å²) in [6.45, 7) is 0. The molecular weight excluding hydrogens is 422 g/mol. The molecule has 5 aromatic rings. The first-order valence-electron chi connectivity index (χ1n) is 10.6. The van der Waals surface area contributed by atoms with Gasteiger partial charge < -0.3 is 5.32 Å². The van der Waals surface area contributed by atoms with E-state index in [0.717, 1.165) is 36.9 Å². The quantitative estimate of drug-likeness (QED) is 0.454. The Bertz CT molecular complexity index is 1530. The van der Waals surface area contributed by atoms with E-state index < -0.39 is 5.91 Å². The number of aromatic nitrogens is 4. The van der Waals surface area contributed by atoms with E-state index in [2.05, 4.69) is 10.4 Å². The molecule has 1 amide bonds. The van der Waals surface area contributed by atoms with Crippen molar-refractivity contribution in [3.05, 3.63) is 87.3 Å². The molecule has 6 rings (SSSR count). The second-order valence-electron chi connectivity index (χ2n) is 7.83. The van der Waals surface area contributed by atoms with Crippen molar-refractivity contribution in [3.8, 4) is 5.69 Å². The van der Waals surface area contributed by atoms with Crippen molar-refractivity contribution < 1.29 is 4.79 Å². The number of benzene rings is 2. The van der Waals surface area contributed by atoms with E-state index in [1.807, 2.05) is 48.5 Å². The fourth-order valence-electron chi connectivity index (χ4n) is 4.31. The van der Waals surface area contributed by atoms with Crippen LogP contribution in [0.15, 0.2) is 65.5 Å². The van der Waals surface area contributed by atoms with Gasteiger partial charge in [0.05, 0.1) is 11.1 Å². The number of rotatable bonds is 3. The lowest BCUT2D eigenvalue weighted by Gasteiger charge is -2.09. The first-order chi connectivity index (χ1) is 15.7. The average molecular weight is 442 g/mol. The highest BCUT2D eigenvalue weighted by Crippen LogP contribution is 2.34. The highest BCUT2D eigenvalue weighted by atomic mass is 32.1. The van der Waals surface area contributed by atoms with E-state index in [1.54, 1.807) is 28.2 Å². The van der Waals surface area contributed by atoms with E-state index in [0.29, 0.717) is 21.7 Å². The third kappa shape index (κ3) is 2.95. The van der Waals surface area contributed by atoms with Crippen LogP contribution in [0, 0.1) is 0 Å². The summed E-state index contributed by atoms with van der Waals surface area (Å²) < 4.78 is 2.93. The number of fused-ring (bicyclic) bond motifs is 4. The Labute approximate surface area is 187 Å². The number of anilines is 1. The summed E-state index contributed by atoms with van der Waals surface area (Å²) in [5.74, 6) is -0.100. The first kappa shape index (κ1) is 18.9. The maximum Gasteiger partial charge on any atom is 0.294 e. The van der Waals surface area contributed by atoms with E-state index in [-0.39, 0.29) is 11.4 Å². The highest BCUT2D eigenvalue weighted by molar-refractivity contribution is 7.18. The molecule has 8 heteroatoms. The molecule has 1 N–H and O–H groups in total. The zero-order valence-electron chi connectivity index (χ0n) is 17.1. The number of thiophene rings is 1. The van der Waals surface area contributed by atoms with Crippen LogP contribution in [0.4, 0.5) is 5.69 Å². The molecule has 0 saturated carbocycles. The van der Waals surface area contributed by atoms with Crippen LogP contribution >= 0.6 is 11.3 Å². The molecule has 3 aromatic heterocycles. The number of para-hydroxylation sites is 2. The van der Waals surface area contributed by atoms with Crippen molar-refractivity contribution in [1.29, 1.82) is 0 Å². The molecule has 7 nitrogen and oxygen atoms in total. The second kappa shape index (κ2) is 7.42. The van der Waals surface area contributed by atoms with Crippen LogP contribution in [-0.2, 0) is 12.8 Å². The fourth-order valence-corrected chi connectivity index (χ4v) is 5.56. The third-order valence-corrected chi connectivity index (χ3v) is 6.99. The molecule has 0 atom stereocenters. The lowest BCUT2D eigenvalue weighted by atomic mass is 9.97. The van der Waals surface area contributed by atoms with Gasteiger partial charge in [-0.2, -0.15) is 4.68 Å². The van der Waals surface area contributed by atoms with Gasteiger partial charge in [0.1, 0.15) is 4.83 Å². The van der Waals surface area contributed by atoms with Gasteiger partial charge in [0.15, 0.2) is 0 Å². The Kier molecular flexibility index (Phi) is 4.39. The molecule has 0 saturated heterocycles. The molecule has 32 heavy (non-hydrogen) atoms. The molecule has 0 aliphatic heterocycles. The summed E-state index contributed by atoms with van der Waals surface area (Å²) >= 11 is 1.59. The highest BCUT2D eigenvalue weighted by Gasteiger charge is 2.26. The minimum absolute atomic E-state index is 0.0165. The minimum Gasteiger partial charge on any atom is -0.319 e. The van der Waals surface area contributed by atoms with Crippen molar-refractivity contribution in [2.24, 2.45) is 0 Å². The summed E-state index contributed by atoms with van der Waals surface area (Å²) in [4.78, 5) is 33.7. The topological polar surface area (TPSA) is 81.3 Å². The van der Waals surface area contributed by atoms with Crippen LogP contribution in [0.3, 0.4) is 0 Å². The average Bonchev–Trinajstić information content (AvgIpc) is 3.39. The Balaban J connectivity index is 1.63. The van der Waals surface area contributed by atoms with Crippen molar-refractivity contribution >= 4 is 38.9 Å². The molecular formula is C24H19N5O2S. The number of amides is 1. The monoisotopic (exact) mass is 441 g/mol. The van der Waals surface area contributed by atoms with Gasteiger partial charge in [-0.3, -0.25) is 9.59 Å². The van der Waals surface area contributed by atoms with Crippen LogP contribution in [0.2, 0.25) is 0 Å². The summed E-state index contributed by atoms with van der Waals surface area (Å²) in [6.07, 6.45) is 4.04. The summed E-state index contributed by atoms with van der Waals surface area (Å²) in [5, 5.41) is 8.02. The Morgan fingerprint density at radius 2 is 1.69 bits per heavy atom. The van der Waals surface area contributed by atoms with E-state index >= 15 is 0 Å². The molecule has 3 heterocycles. The standard InChI is InChI=1S/C24H19N5O2S/c30-21(25-15-9-3-1-4-10-15)20-27-29(16-11-5-2-6-12-16)24-26-22-19(23(31)28(20)24)17-13-7-8-14-18(17)32-22/h1-6,9-12H,7-8,13-14H2,(H,25,30). The number of aryl methyl sites for hydroxylation is 2. The zero-order valence-corrected chi connectivity index (χ0v) is 17.9. The maximum absolute atomic E-state index is 13.7. The first-order valence-corrected chi connectivity index (χ1v) is 11.4. The van der Waals surface area contributed by atoms with Crippen molar-refractivity contribution in [2.75, 3.05) is 5.32 Å². The van der Waals surface area contributed by atoms with Crippen molar-refractivity contribution in [3.63, 3.8) is 0 Å². The molecule has 0 spiro atoms. The maximum atomic E-state index is 13.7. The number of carbonyl (C=O) groups is 1. The predicted molar refractivity (Wildman–Crippen MR) is 125 cm³/mol. The summed E-state index contributed by atoms with van der Waals surface area (Å²) in [5.41, 5.74) is 2.22. The number of hydrogen-bond donors (Lipinski definition) is 1. The van der Waals surface area contributed by atoms with Gasteiger partial charge in [0.25, 0.3) is 11.5 Å². The van der Waals surface area contributed by atoms with Crippen LogP contribution in [0.5, 0.6) is 0 Å². The summed E-state index contributed by atoms with van der Waals surface area (Å²) in [6, 6.07) is 18.6. The predicted octanol–water partition coefficient (Wildman–Crippen LogP) is 4.23. The Hall–Kier alpha value is -3.78. The molecule has 0 radical (unpaired) electrons. The number of nitrogens with one attached hydrogen (secondary N) is 1. The number of nitrogens with zero attached hydrogens (tertiary/aromatic N) is 4. The van der Waals surface area contributed by atoms with Gasteiger partial charge in [-0.25, -0.2) is 9.38 Å². The Morgan fingerprint density at radius 1 is 0.969 bits per heavy atom. The normalized spacial score (nSPS) is 13.4. The smallest absolute Gasteiger partial charge is 0.294 e. The number of carbonyl (C=O) groups excluding carboxylic acids is 1. The van der Waals surface area contributed by atoms with Gasteiger partial charge >= 0.3 is 0 Å². The molecule has 1 aliphatic carbocycles. The van der Waals surface area contributed by atoms with Gasteiger partial charge in [-0.15, -0.1) is 16.4 Å². The molecule has 0 bridgehead atoms. The summed E-state index contributed by atoms with van der Waals surface area (Å²) in [7, 11) is 0. The zero-order chi connectivity index (χ0) is 21.7. The lowest BCUT2D eigenvalue weighted by molar-refractivity contribution is 0.101. The van der Waals surface area contributed by atoms with Crippen LogP contribution in [-0.4, -0.2) is 25.1 Å². The Morgan fingerprint density at radius 3 is 2.47 bits per heavy atom. The van der Waals surface area contributed by atoms with Crippen LogP contribution < -0.4 is 10.9 Å². The SMILES string of the molecule is O=C(Nc1ccccc1)c1nn(-c2ccccc2)c2nc3sc4c(c3c(=O)n12)CCCC4. The molecule has 0 unspecified atom stereocenters. The van der Waals surface area contributed by atoms with Gasteiger partial charge in [-0.1, -0.05) is 36.4 Å². The van der Waals surface area contributed by atoms with Gasteiger partial charge in [0.2, 0.25) is 11.6 Å². The van der Waals surface area contributed by atoms with Crippen LogP contribution in [0.1, 0.15) is 33.9 Å². The van der Waals surface area contributed by atoms with Crippen LogP contribution in [0.25, 0.3) is 21.7 Å². The van der Waals surface area contributed by atoms with Gasteiger partial charge in [0, 0.05) is 10.6 Å².